The molecule has 5 heteroatoms. The maximum absolute atomic E-state index is 5.46. The van der Waals surface area contributed by atoms with Crippen molar-refractivity contribution in [3.05, 3.63) is 313 Å². The van der Waals surface area contributed by atoms with Gasteiger partial charge in [-0.2, -0.15) is 0 Å². The van der Waals surface area contributed by atoms with Crippen LogP contribution in [-0.4, -0.2) is 27.6 Å². The first-order valence-electron chi connectivity index (χ1n) is 25.7. The molecule has 352 valence electrons. The van der Waals surface area contributed by atoms with Gasteiger partial charge in [-0.1, -0.05) is 273 Å². The fourth-order valence-electron chi connectivity index (χ4n) is 12.3. The first kappa shape index (κ1) is 44.2. The molecule has 1 aliphatic carbocycles. The zero-order valence-corrected chi connectivity index (χ0v) is 42.0. The number of nitrogens with zero attached hydrogens (tertiary/aromatic N) is 4. The van der Waals surface area contributed by atoms with Crippen LogP contribution in [0.4, 0.5) is 0 Å². The molecule has 0 spiro atoms. The number of hydrogen-bond acceptors (Lipinski definition) is 3. The van der Waals surface area contributed by atoms with Crippen molar-refractivity contribution in [1.82, 2.24) is 19.5 Å². The standard InChI is InChI=1S/C70H48N4Si/c1-7-25-49(26-8-1)67-71-68(73-69(72-67)51-28-24-40-58(48-51)75(55-34-13-4-14-35-55,56-36-15-5-16-37-56)57-38-17-6-18-39-57)50-27-23-33-54(47-50)74-64-44-22-20-42-60(64)62-46-45-61-59-41-19-21-43-63(59)70(65(61)66(62)74,52-29-9-2-10-30-52)53-31-11-3-12-32-53/h1-48H. The maximum atomic E-state index is 5.46. The van der Waals surface area contributed by atoms with Gasteiger partial charge in [0.25, 0.3) is 0 Å². The van der Waals surface area contributed by atoms with Crippen LogP contribution >= 0.6 is 0 Å². The van der Waals surface area contributed by atoms with E-state index in [2.05, 4.69) is 278 Å². The summed E-state index contributed by atoms with van der Waals surface area (Å²) in [4.78, 5) is 16.1. The fraction of sp³-hybridized carbons (Fsp3) is 0.0143. The molecule has 11 aromatic carbocycles. The molecule has 0 bridgehead atoms. The third-order valence-electron chi connectivity index (χ3n) is 15.5. The van der Waals surface area contributed by atoms with Crippen molar-refractivity contribution < 1.29 is 0 Å². The van der Waals surface area contributed by atoms with Crippen molar-refractivity contribution >= 4 is 50.6 Å². The first-order valence-corrected chi connectivity index (χ1v) is 27.7. The highest BCUT2D eigenvalue weighted by atomic mass is 28.3. The van der Waals surface area contributed by atoms with E-state index in [0.717, 1.165) is 27.9 Å². The summed E-state index contributed by atoms with van der Waals surface area (Å²) in [6.07, 6.45) is 0. The topological polar surface area (TPSA) is 43.6 Å². The SMILES string of the molecule is c1ccc(-c2nc(-c3cccc(-n4c5ccccc5c5ccc6c(c54)C(c4ccccc4)(c4ccccc4)c4ccccc4-6)c3)nc(-c3cccc([Si](c4ccccc4)(c4ccccc4)c4ccccc4)c3)n2)cc1. The number of benzene rings is 11. The van der Waals surface area contributed by atoms with Crippen molar-refractivity contribution in [2.45, 2.75) is 5.41 Å². The molecule has 0 aliphatic heterocycles. The second kappa shape index (κ2) is 18.2. The van der Waals surface area contributed by atoms with E-state index in [4.69, 9.17) is 15.0 Å². The summed E-state index contributed by atoms with van der Waals surface area (Å²) in [5, 5.41) is 7.57. The van der Waals surface area contributed by atoms with Crippen LogP contribution in [0.1, 0.15) is 22.3 Å². The largest absolute Gasteiger partial charge is 0.309 e. The van der Waals surface area contributed by atoms with Gasteiger partial charge in [-0.05, 0) is 66.8 Å². The fourth-order valence-corrected chi connectivity index (χ4v) is 17.1. The summed E-state index contributed by atoms with van der Waals surface area (Å²) >= 11 is 0. The minimum Gasteiger partial charge on any atom is -0.309 e. The lowest BCUT2D eigenvalue weighted by Crippen LogP contribution is -2.74. The Morgan fingerprint density at radius 1 is 0.320 bits per heavy atom. The summed E-state index contributed by atoms with van der Waals surface area (Å²) in [5.41, 5.74) is 13.0. The van der Waals surface area contributed by atoms with Gasteiger partial charge in [0, 0.05) is 38.7 Å². The lowest BCUT2D eigenvalue weighted by Gasteiger charge is -2.34. The van der Waals surface area contributed by atoms with Gasteiger partial charge >= 0.3 is 0 Å². The highest BCUT2D eigenvalue weighted by Gasteiger charge is 2.48. The van der Waals surface area contributed by atoms with Crippen LogP contribution in [0.2, 0.25) is 0 Å². The Hall–Kier alpha value is -9.55. The van der Waals surface area contributed by atoms with Gasteiger partial charge in [-0.3, -0.25) is 0 Å². The number of fused-ring (bicyclic) bond motifs is 7. The van der Waals surface area contributed by atoms with E-state index in [9.17, 15) is 0 Å². The molecule has 0 saturated carbocycles. The van der Waals surface area contributed by atoms with Gasteiger partial charge < -0.3 is 4.57 Å². The molecule has 2 heterocycles. The molecule has 0 saturated heterocycles. The summed E-state index contributed by atoms with van der Waals surface area (Å²) in [7, 11) is -2.86. The van der Waals surface area contributed by atoms with Crippen LogP contribution in [0.3, 0.4) is 0 Å². The summed E-state index contributed by atoms with van der Waals surface area (Å²) in [6.45, 7) is 0. The summed E-state index contributed by atoms with van der Waals surface area (Å²) < 4.78 is 2.49. The predicted octanol–water partition coefficient (Wildman–Crippen LogP) is 13.7. The molecule has 1 aliphatic rings. The number of para-hydroxylation sites is 1. The molecule has 0 unspecified atom stereocenters. The molecular formula is C70H48N4Si. The minimum atomic E-state index is -2.86. The van der Waals surface area contributed by atoms with E-state index >= 15 is 0 Å². The van der Waals surface area contributed by atoms with E-state index in [1.807, 2.05) is 18.2 Å². The Kier molecular flexibility index (Phi) is 10.7. The molecular weight excluding hydrogens is 925 g/mol. The Bertz CT molecular complexity index is 4080. The highest BCUT2D eigenvalue weighted by molar-refractivity contribution is 7.19. The smallest absolute Gasteiger partial charge is 0.179 e. The molecule has 14 rings (SSSR count). The van der Waals surface area contributed by atoms with Crippen molar-refractivity contribution in [1.29, 1.82) is 0 Å². The van der Waals surface area contributed by atoms with Crippen LogP contribution < -0.4 is 20.7 Å². The quantitative estimate of drug-likeness (QED) is 0.101. The van der Waals surface area contributed by atoms with Crippen LogP contribution in [0, 0.1) is 0 Å². The molecule has 0 N–H and O–H groups in total. The van der Waals surface area contributed by atoms with Crippen molar-refractivity contribution in [3.63, 3.8) is 0 Å². The Labute approximate surface area is 437 Å². The molecule has 75 heavy (non-hydrogen) atoms. The minimum absolute atomic E-state index is 0.602. The van der Waals surface area contributed by atoms with Gasteiger partial charge in [0.2, 0.25) is 0 Å². The maximum Gasteiger partial charge on any atom is 0.179 e. The molecule has 0 radical (unpaired) electrons. The van der Waals surface area contributed by atoms with E-state index < -0.39 is 13.5 Å². The molecule has 4 nitrogen and oxygen atoms in total. The molecule has 2 aromatic heterocycles. The number of hydrogen-bond donors (Lipinski definition) is 0. The van der Waals surface area contributed by atoms with Crippen molar-refractivity contribution in [2.24, 2.45) is 0 Å². The number of rotatable bonds is 10. The normalized spacial score (nSPS) is 12.6. The van der Waals surface area contributed by atoms with Crippen molar-refractivity contribution in [2.75, 3.05) is 0 Å². The van der Waals surface area contributed by atoms with Crippen molar-refractivity contribution in [3.8, 4) is 51.0 Å². The second-order valence-electron chi connectivity index (χ2n) is 19.4. The van der Waals surface area contributed by atoms with Crippen LogP contribution in [0.25, 0.3) is 72.8 Å². The summed E-state index contributed by atoms with van der Waals surface area (Å²) in [5.74, 6) is 1.84. The van der Waals surface area contributed by atoms with E-state index in [-0.39, 0.29) is 0 Å². The Morgan fingerprint density at radius 3 is 1.37 bits per heavy atom. The van der Waals surface area contributed by atoms with Gasteiger partial charge in [0.05, 0.1) is 16.4 Å². The molecule has 0 atom stereocenters. The predicted molar refractivity (Wildman–Crippen MR) is 311 cm³/mol. The molecule has 0 amide bonds. The van der Waals surface area contributed by atoms with E-state index in [0.29, 0.717) is 17.5 Å². The van der Waals surface area contributed by atoms with Crippen LogP contribution in [0.15, 0.2) is 291 Å². The second-order valence-corrected chi connectivity index (χ2v) is 23.2. The van der Waals surface area contributed by atoms with Gasteiger partial charge in [-0.15, -0.1) is 0 Å². The number of aromatic nitrogens is 4. The van der Waals surface area contributed by atoms with Crippen LogP contribution in [-0.2, 0) is 5.41 Å². The third-order valence-corrected chi connectivity index (χ3v) is 20.2. The monoisotopic (exact) mass is 972 g/mol. The zero-order chi connectivity index (χ0) is 49.8. The lowest BCUT2D eigenvalue weighted by atomic mass is 9.67. The average molecular weight is 973 g/mol. The van der Waals surface area contributed by atoms with E-state index in [1.54, 1.807) is 0 Å². The molecule has 13 aromatic rings. The van der Waals surface area contributed by atoms with Gasteiger partial charge in [-0.25, -0.2) is 15.0 Å². The first-order chi connectivity index (χ1) is 37.2. The average Bonchev–Trinajstić information content (AvgIpc) is 4.03. The Morgan fingerprint density at radius 2 is 0.773 bits per heavy atom. The van der Waals surface area contributed by atoms with Gasteiger partial charge in [0.1, 0.15) is 0 Å². The lowest BCUT2D eigenvalue weighted by molar-refractivity contribution is 0.772. The van der Waals surface area contributed by atoms with Gasteiger partial charge in [0.15, 0.2) is 25.5 Å². The Balaban J connectivity index is 0.999. The summed E-state index contributed by atoms with van der Waals surface area (Å²) in [6, 6.07) is 106. The van der Waals surface area contributed by atoms with Crippen LogP contribution in [0.5, 0.6) is 0 Å². The third kappa shape index (κ3) is 7.00. The highest BCUT2D eigenvalue weighted by Crippen LogP contribution is 2.59. The zero-order valence-electron chi connectivity index (χ0n) is 41.0. The molecule has 0 fully saturated rings. The van der Waals surface area contributed by atoms with E-state index in [1.165, 1.54) is 70.4 Å².